The molecule has 1 saturated heterocycles. The summed E-state index contributed by atoms with van der Waals surface area (Å²) in [6.45, 7) is 4.12. The molecule has 0 aromatic heterocycles. The molecule has 114 valence electrons. The van der Waals surface area contributed by atoms with E-state index in [1.54, 1.807) is 40.9 Å². The van der Waals surface area contributed by atoms with E-state index in [0.29, 0.717) is 37.4 Å². The Morgan fingerprint density at radius 3 is 2.24 bits per heavy atom. The molecule has 2 rings (SSSR count). The summed E-state index contributed by atoms with van der Waals surface area (Å²) in [6.07, 6.45) is 0. The molecule has 6 nitrogen and oxygen atoms in total. The molecule has 1 aromatic carbocycles. The number of nitrogens with zero attached hydrogens (tertiary/aromatic N) is 3. The summed E-state index contributed by atoms with van der Waals surface area (Å²) in [6, 6.07) is 5.35. The number of urea groups is 1. The Bertz CT molecular complexity index is 549. The average molecular weight is 290 g/mol. The summed E-state index contributed by atoms with van der Waals surface area (Å²) in [7, 11) is 3.46. The molecule has 0 radical (unpaired) electrons. The fourth-order valence-electron chi connectivity index (χ4n) is 2.42. The molecule has 21 heavy (non-hydrogen) atoms. The van der Waals surface area contributed by atoms with Gasteiger partial charge >= 0.3 is 6.03 Å². The number of piperazine rings is 1. The third-order valence-electron chi connectivity index (χ3n) is 3.71. The highest BCUT2D eigenvalue weighted by Gasteiger charge is 2.26. The lowest BCUT2D eigenvalue weighted by Crippen LogP contribution is -2.52. The Morgan fingerprint density at radius 1 is 1.10 bits per heavy atom. The minimum atomic E-state index is -0.0169. The van der Waals surface area contributed by atoms with E-state index in [-0.39, 0.29) is 11.9 Å². The van der Waals surface area contributed by atoms with E-state index < -0.39 is 0 Å². The van der Waals surface area contributed by atoms with Crippen LogP contribution in [0.1, 0.15) is 15.9 Å². The molecule has 0 atom stereocenters. The minimum Gasteiger partial charge on any atom is -0.399 e. The van der Waals surface area contributed by atoms with E-state index in [1.165, 1.54) is 0 Å². The first kappa shape index (κ1) is 15.2. The number of amides is 3. The summed E-state index contributed by atoms with van der Waals surface area (Å²) in [5.74, 6) is -0.0169. The Labute approximate surface area is 125 Å². The van der Waals surface area contributed by atoms with Gasteiger partial charge in [0.15, 0.2) is 0 Å². The Balaban J connectivity index is 2.03. The van der Waals surface area contributed by atoms with Crippen LogP contribution in [-0.2, 0) is 0 Å². The number of nitrogens with two attached hydrogens (primary N) is 1. The third kappa shape index (κ3) is 3.26. The fourth-order valence-corrected chi connectivity index (χ4v) is 2.42. The van der Waals surface area contributed by atoms with Gasteiger partial charge in [0.2, 0.25) is 0 Å². The monoisotopic (exact) mass is 290 g/mol. The van der Waals surface area contributed by atoms with E-state index in [9.17, 15) is 9.59 Å². The molecule has 1 heterocycles. The third-order valence-corrected chi connectivity index (χ3v) is 3.71. The maximum atomic E-state index is 12.5. The fraction of sp³-hybridized carbons (Fsp3) is 0.467. The van der Waals surface area contributed by atoms with Crippen molar-refractivity contribution < 1.29 is 9.59 Å². The van der Waals surface area contributed by atoms with Crippen LogP contribution in [0.5, 0.6) is 0 Å². The highest BCUT2D eigenvalue weighted by atomic mass is 16.2. The van der Waals surface area contributed by atoms with Crippen LogP contribution in [0.25, 0.3) is 0 Å². The molecule has 1 aliphatic rings. The second-order valence-electron chi connectivity index (χ2n) is 5.53. The second-order valence-corrected chi connectivity index (χ2v) is 5.53. The minimum absolute atomic E-state index is 0.0118. The maximum Gasteiger partial charge on any atom is 0.319 e. The summed E-state index contributed by atoms with van der Waals surface area (Å²) >= 11 is 0. The van der Waals surface area contributed by atoms with Crippen LogP contribution < -0.4 is 5.73 Å². The number of carbonyl (C=O) groups excluding carboxylic acids is 2. The van der Waals surface area contributed by atoms with Gasteiger partial charge in [-0.05, 0) is 24.6 Å². The highest BCUT2D eigenvalue weighted by Crippen LogP contribution is 2.16. The quantitative estimate of drug-likeness (QED) is 0.785. The van der Waals surface area contributed by atoms with Gasteiger partial charge in [0.05, 0.1) is 0 Å². The average Bonchev–Trinajstić information content (AvgIpc) is 2.48. The van der Waals surface area contributed by atoms with Crippen molar-refractivity contribution in [3.05, 3.63) is 29.3 Å². The first-order chi connectivity index (χ1) is 9.90. The van der Waals surface area contributed by atoms with Gasteiger partial charge in [-0.1, -0.05) is 6.07 Å². The van der Waals surface area contributed by atoms with Crippen molar-refractivity contribution in [2.24, 2.45) is 0 Å². The van der Waals surface area contributed by atoms with Gasteiger partial charge in [-0.2, -0.15) is 0 Å². The largest absolute Gasteiger partial charge is 0.399 e. The molecular weight excluding hydrogens is 268 g/mol. The Morgan fingerprint density at radius 2 is 1.67 bits per heavy atom. The van der Waals surface area contributed by atoms with E-state index in [2.05, 4.69) is 0 Å². The Kier molecular flexibility index (Phi) is 4.35. The number of rotatable bonds is 1. The number of benzene rings is 1. The second kappa shape index (κ2) is 6.03. The molecule has 1 fully saturated rings. The normalized spacial score (nSPS) is 15.0. The highest BCUT2D eigenvalue weighted by molar-refractivity contribution is 5.96. The van der Waals surface area contributed by atoms with Gasteiger partial charge in [-0.25, -0.2) is 4.79 Å². The van der Waals surface area contributed by atoms with Crippen molar-refractivity contribution in [2.45, 2.75) is 6.92 Å². The van der Waals surface area contributed by atoms with Gasteiger partial charge in [0, 0.05) is 51.5 Å². The van der Waals surface area contributed by atoms with Crippen molar-refractivity contribution in [2.75, 3.05) is 46.0 Å². The molecule has 6 heteroatoms. The maximum absolute atomic E-state index is 12.5. The molecule has 0 unspecified atom stereocenters. The van der Waals surface area contributed by atoms with Gasteiger partial charge in [0.25, 0.3) is 5.91 Å². The zero-order chi connectivity index (χ0) is 15.6. The van der Waals surface area contributed by atoms with Crippen molar-refractivity contribution >= 4 is 17.6 Å². The predicted molar refractivity (Wildman–Crippen MR) is 82.2 cm³/mol. The molecule has 2 N–H and O–H groups in total. The standard InChI is InChI=1S/C15H22N4O2/c1-11-4-5-12(16)10-13(11)14(20)18-6-8-19(9-7-18)15(21)17(2)3/h4-5,10H,6-9,16H2,1-3H3. The predicted octanol–water partition coefficient (Wildman–Crippen LogP) is 1.02. The number of carbonyl (C=O) groups is 2. The lowest BCUT2D eigenvalue weighted by atomic mass is 10.1. The zero-order valence-corrected chi connectivity index (χ0v) is 12.8. The molecule has 0 saturated carbocycles. The van der Waals surface area contributed by atoms with Crippen LogP contribution in [0.4, 0.5) is 10.5 Å². The zero-order valence-electron chi connectivity index (χ0n) is 12.8. The van der Waals surface area contributed by atoms with Crippen LogP contribution in [0.2, 0.25) is 0 Å². The van der Waals surface area contributed by atoms with Crippen LogP contribution in [0.15, 0.2) is 18.2 Å². The number of hydrogen-bond acceptors (Lipinski definition) is 3. The van der Waals surface area contributed by atoms with E-state index >= 15 is 0 Å². The SMILES string of the molecule is Cc1ccc(N)cc1C(=O)N1CCN(C(=O)N(C)C)CC1. The van der Waals surface area contributed by atoms with Gasteiger partial charge in [-0.3, -0.25) is 4.79 Å². The lowest BCUT2D eigenvalue weighted by molar-refractivity contribution is 0.0649. The van der Waals surface area contributed by atoms with E-state index in [4.69, 9.17) is 5.73 Å². The summed E-state index contributed by atoms with van der Waals surface area (Å²) in [5, 5.41) is 0. The molecule has 0 bridgehead atoms. The number of anilines is 1. The summed E-state index contributed by atoms with van der Waals surface area (Å²) < 4.78 is 0. The van der Waals surface area contributed by atoms with Crippen LogP contribution in [-0.4, -0.2) is 66.9 Å². The van der Waals surface area contributed by atoms with E-state index in [0.717, 1.165) is 5.56 Å². The smallest absolute Gasteiger partial charge is 0.319 e. The van der Waals surface area contributed by atoms with Crippen LogP contribution in [0.3, 0.4) is 0 Å². The van der Waals surface area contributed by atoms with E-state index in [1.807, 2.05) is 13.0 Å². The topological polar surface area (TPSA) is 69.9 Å². The van der Waals surface area contributed by atoms with Gasteiger partial charge < -0.3 is 20.4 Å². The number of aryl methyl sites for hydroxylation is 1. The summed E-state index contributed by atoms with van der Waals surface area (Å²) in [4.78, 5) is 29.5. The van der Waals surface area contributed by atoms with Crippen molar-refractivity contribution in [1.82, 2.24) is 14.7 Å². The molecule has 3 amide bonds. The van der Waals surface area contributed by atoms with Crippen molar-refractivity contribution in [1.29, 1.82) is 0 Å². The molecule has 1 aliphatic heterocycles. The first-order valence-electron chi connectivity index (χ1n) is 7.02. The van der Waals surface area contributed by atoms with Crippen LogP contribution >= 0.6 is 0 Å². The van der Waals surface area contributed by atoms with Crippen molar-refractivity contribution in [3.8, 4) is 0 Å². The molecular formula is C15H22N4O2. The summed E-state index contributed by atoms with van der Waals surface area (Å²) in [5.41, 5.74) is 7.91. The van der Waals surface area contributed by atoms with Gasteiger partial charge in [-0.15, -0.1) is 0 Å². The first-order valence-corrected chi connectivity index (χ1v) is 7.02. The number of nitrogen functional groups attached to an aromatic ring is 1. The van der Waals surface area contributed by atoms with Gasteiger partial charge in [0.1, 0.15) is 0 Å². The molecule has 0 spiro atoms. The Hall–Kier alpha value is -2.24. The van der Waals surface area contributed by atoms with Crippen LogP contribution in [0, 0.1) is 6.92 Å². The molecule has 1 aromatic rings. The number of hydrogen-bond donors (Lipinski definition) is 1. The lowest BCUT2D eigenvalue weighted by Gasteiger charge is -2.36. The van der Waals surface area contributed by atoms with Crippen molar-refractivity contribution in [3.63, 3.8) is 0 Å². The molecule has 0 aliphatic carbocycles.